The summed E-state index contributed by atoms with van der Waals surface area (Å²) in [5.41, 5.74) is 1.66. The minimum Gasteiger partial charge on any atom is -0.507 e. The molecule has 0 bridgehead atoms. The summed E-state index contributed by atoms with van der Waals surface area (Å²) in [6.07, 6.45) is 3.79. The molecule has 1 N–H and O–H groups in total. The molecule has 1 unspecified atom stereocenters. The number of phenols is 1. The molecule has 0 saturated carbocycles. The smallest absolute Gasteiger partial charge is 0.128 e. The second-order valence-electron chi connectivity index (χ2n) is 3.49. The monoisotopic (exact) mass is 190 g/mol. The Labute approximate surface area is 83.8 Å². The number of ether oxygens (including phenoxy) is 1. The van der Waals surface area contributed by atoms with Gasteiger partial charge in [-0.25, -0.2) is 0 Å². The fourth-order valence-electron chi connectivity index (χ4n) is 1.83. The van der Waals surface area contributed by atoms with Crippen molar-refractivity contribution in [3.63, 3.8) is 0 Å². The summed E-state index contributed by atoms with van der Waals surface area (Å²) in [4.78, 5) is 0. The second-order valence-corrected chi connectivity index (χ2v) is 3.49. The van der Waals surface area contributed by atoms with E-state index in [1.54, 1.807) is 6.08 Å². The Morgan fingerprint density at radius 2 is 2.36 bits per heavy atom. The van der Waals surface area contributed by atoms with Crippen LogP contribution in [-0.2, 0) is 4.74 Å². The fourth-order valence-corrected chi connectivity index (χ4v) is 1.83. The standard InChI is InChI=1S/C12H14O2/c1-2-9-5-3-6-10(12(9)13)11-7-4-8-14-11/h2-3,5-6,11,13H,1,4,7-8H2. The van der Waals surface area contributed by atoms with Gasteiger partial charge in [-0.05, 0) is 12.8 Å². The molecule has 0 aliphatic carbocycles. The van der Waals surface area contributed by atoms with Crippen molar-refractivity contribution in [2.45, 2.75) is 18.9 Å². The Morgan fingerprint density at radius 3 is 3.00 bits per heavy atom. The predicted molar refractivity (Wildman–Crippen MR) is 56.1 cm³/mol. The van der Waals surface area contributed by atoms with Crippen molar-refractivity contribution in [1.29, 1.82) is 0 Å². The van der Waals surface area contributed by atoms with Crippen LogP contribution in [0.1, 0.15) is 30.1 Å². The van der Waals surface area contributed by atoms with E-state index >= 15 is 0 Å². The quantitative estimate of drug-likeness (QED) is 0.777. The van der Waals surface area contributed by atoms with Crippen LogP contribution < -0.4 is 0 Å². The number of hydrogen-bond donors (Lipinski definition) is 1. The number of aromatic hydroxyl groups is 1. The normalized spacial score (nSPS) is 21.0. The molecule has 1 aliphatic rings. The summed E-state index contributed by atoms with van der Waals surface area (Å²) in [5.74, 6) is 0.314. The molecule has 2 heteroatoms. The van der Waals surface area contributed by atoms with Crippen molar-refractivity contribution >= 4 is 6.08 Å². The zero-order chi connectivity index (χ0) is 9.97. The highest BCUT2D eigenvalue weighted by Crippen LogP contribution is 2.36. The van der Waals surface area contributed by atoms with Crippen LogP contribution in [0.25, 0.3) is 6.08 Å². The van der Waals surface area contributed by atoms with E-state index in [-0.39, 0.29) is 6.10 Å². The topological polar surface area (TPSA) is 29.5 Å². The Kier molecular flexibility index (Phi) is 2.55. The van der Waals surface area contributed by atoms with Crippen molar-refractivity contribution in [3.8, 4) is 5.75 Å². The average molecular weight is 190 g/mol. The third-order valence-corrected chi connectivity index (χ3v) is 2.59. The highest BCUT2D eigenvalue weighted by Gasteiger charge is 2.21. The predicted octanol–water partition coefficient (Wildman–Crippen LogP) is 2.89. The molecular formula is C12H14O2. The van der Waals surface area contributed by atoms with Crippen LogP contribution in [0.2, 0.25) is 0 Å². The van der Waals surface area contributed by atoms with Crippen molar-refractivity contribution < 1.29 is 9.84 Å². The molecule has 1 aromatic carbocycles. The van der Waals surface area contributed by atoms with E-state index in [0.29, 0.717) is 5.75 Å². The number of para-hydroxylation sites is 1. The number of rotatable bonds is 2. The van der Waals surface area contributed by atoms with Crippen molar-refractivity contribution in [2.75, 3.05) is 6.61 Å². The van der Waals surface area contributed by atoms with Crippen LogP contribution in [0.4, 0.5) is 0 Å². The van der Waals surface area contributed by atoms with E-state index < -0.39 is 0 Å². The minimum absolute atomic E-state index is 0.0647. The molecular weight excluding hydrogens is 176 g/mol. The maximum absolute atomic E-state index is 9.90. The molecule has 1 fully saturated rings. The first-order valence-electron chi connectivity index (χ1n) is 4.89. The molecule has 0 amide bonds. The van der Waals surface area contributed by atoms with E-state index in [1.165, 1.54) is 0 Å². The summed E-state index contributed by atoms with van der Waals surface area (Å²) in [6, 6.07) is 5.69. The minimum atomic E-state index is 0.0647. The summed E-state index contributed by atoms with van der Waals surface area (Å²) in [6.45, 7) is 4.45. The Morgan fingerprint density at radius 1 is 1.50 bits per heavy atom. The van der Waals surface area contributed by atoms with Crippen molar-refractivity contribution in [3.05, 3.63) is 35.9 Å². The molecule has 1 aromatic rings. The first kappa shape index (κ1) is 9.28. The molecule has 0 radical (unpaired) electrons. The van der Waals surface area contributed by atoms with Crippen LogP contribution in [0.3, 0.4) is 0 Å². The van der Waals surface area contributed by atoms with Crippen molar-refractivity contribution in [2.24, 2.45) is 0 Å². The summed E-state index contributed by atoms with van der Waals surface area (Å²) in [5, 5.41) is 9.90. The summed E-state index contributed by atoms with van der Waals surface area (Å²) in [7, 11) is 0. The Bertz CT molecular complexity index is 338. The molecule has 1 atom stereocenters. The third kappa shape index (κ3) is 1.53. The molecule has 1 saturated heterocycles. The van der Waals surface area contributed by atoms with Crippen LogP contribution in [0, 0.1) is 0 Å². The van der Waals surface area contributed by atoms with E-state index in [9.17, 15) is 5.11 Å². The Hall–Kier alpha value is -1.28. The van der Waals surface area contributed by atoms with Crippen LogP contribution >= 0.6 is 0 Å². The van der Waals surface area contributed by atoms with Gasteiger partial charge < -0.3 is 9.84 Å². The lowest BCUT2D eigenvalue weighted by atomic mass is 10.0. The maximum atomic E-state index is 9.90. The molecule has 14 heavy (non-hydrogen) atoms. The molecule has 0 spiro atoms. The molecule has 1 aliphatic heterocycles. The number of phenolic OH excluding ortho intramolecular Hbond substituents is 1. The van der Waals surface area contributed by atoms with Gasteiger partial charge in [0, 0.05) is 17.7 Å². The molecule has 74 valence electrons. The molecule has 2 rings (SSSR count). The summed E-state index contributed by atoms with van der Waals surface area (Å²) >= 11 is 0. The van der Waals surface area contributed by atoms with E-state index in [1.807, 2.05) is 18.2 Å². The van der Waals surface area contributed by atoms with Gasteiger partial charge in [0.15, 0.2) is 0 Å². The second kappa shape index (κ2) is 3.84. The number of benzene rings is 1. The lowest BCUT2D eigenvalue weighted by Gasteiger charge is -2.12. The van der Waals surface area contributed by atoms with Gasteiger partial charge >= 0.3 is 0 Å². The molecule has 1 heterocycles. The van der Waals surface area contributed by atoms with Crippen LogP contribution in [-0.4, -0.2) is 11.7 Å². The lowest BCUT2D eigenvalue weighted by Crippen LogP contribution is -1.96. The first-order valence-corrected chi connectivity index (χ1v) is 4.89. The van der Waals surface area contributed by atoms with E-state index in [0.717, 1.165) is 30.6 Å². The van der Waals surface area contributed by atoms with Gasteiger partial charge in [0.25, 0.3) is 0 Å². The fraction of sp³-hybridized carbons (Fsp3) is 0.333. The highest BCUT2D eigenvalue weighted by molar-refractivity contribution is 5.58. The molecule has 0 aromatic heterocycles. The zero-order valence-electron chi connectivity index (χ0n) is 8.07. The highest BCUT2D eigenvalue weighted by atomic mass is 16.5. The van der Waals surface area contributed by atoms with Gasteiger partial charge in [-0.15, -0.1) is 0 Å². The zero-order valence-corrected chi connectivity index (χ0v) is 8.07. The Balaban J connectivity index is 2.36. The van der Waals surface area contributed by atoms with Crippen molar-refractivity contribution in [1.82, 2.24) is 0 Å². The van der Waals surface area contributed by atoms with Gasteiger partial charge in [-0.2, -0.15) is 0 Å². The van der Waals surface area contributed by atoms with Gasteiger partial charge in [-0.3, -0.25) is 0 Å². The van der Waals surface area contributed by atoms with Gasteiger partial charge in [0.1, 0.15) is 5.75 Å². The van der Waals surface area contributed by atoms with Gasteiger partial charge in [0.05, 0.1) is 6.10 Å². The van der Waals surface area contributed by atoms with Crippen LogP contribution in [0.15, 0.2) is 24.8 Å². The van der Waals surface area contributed by atoms with E-state index in [2.05, 4.69) is 6.58 Å². The SMILES string of the molecule is C=Cc1cccc(C2CCCO2)c1O. The summed E-state index contributed by atoms with van der Waals surface area (Å²) < 4.78 is 5.53. The van der Waals surface area contributed by atoms with E-state index in [4.69, 9.17) is 4.74 Å². The largest absolute Gasteiger partial charge is 0.507 e. The average Bonchev–Trinajstić information content (AvgIpc) is 2.71. The maximum Gasteiger partial charge on any atom is 0.128 e. The third-order valence-electron chi connectivity index (χ3n) is 2.59. The van der Waals surface area contributed by atoms with Gasteiger partial charge in [-0.1, -0.05) is 30.9 Å². The lowest BCUT2D eigenvalue weighted by molar-refractivity contribution is 0.110. The first-order chi connectivity index (χ1) is 6.83. The van der Waals surface area contributed by atoms with Gasteiger partial charge in [0.2, 0.25) is 0 Å². The number of hydrogen-bond acceptors (Lipinski definition) is 2. The molecule has 2 nitrogen and oxygen atoms in total. The van der Waals surface area contributed by atoms with Crippen LogP contribution in [0.5, 0.6) is 5.75 Å².